The molecule has 1 fully saturated rings. The molecule has 14 heteroatoms. The number of unbranched alkanes of at least 4 members (excludes halogenated alkanes) is 7. The van der Waals surface area contributed by atoms with Gasteiger partial charge in [0.1, 0.15) is 43.2 Å². The van der Waals surface area contributed by atoms with Crippen LogP contribution in [-0.4, -0.2) is 98.3 Å². The van der Waals surface area contributed by atoms with Crippen molar-refractivity contribution in [2.45, 2.75) is 134 Å². The monoisotopic (exact) mass is 612 g/mol. The molecule has 0 aromatic heterocycles. The van der Waals surface area contributed by atoms with E-state index in [9.17, 15) is 44.6 Å². The number of aliphatic hydroxyl groups excluding tert-OH is 5. The zero-order valence-electron chi connectivity index (χ0n) is 24.1. The molecule has 1 saturated carbocycles. The van der Waals surface area contributed by atoms with E-state index in [-0.39, 0.29) is 12.8 Å². The van der Waals surface area contributed by atoms with Gasteiger partial charge in [-0.3, -0.25) is 18.6 Å². The summed E-state index contributed by atoms with van der Waals surface area (Å²) in [4.78, 5) is 34.3. The average Bonchev–Trinajstić information content (AvgIpc) is 2.93. The highest BCUT2D eigenvalue weighted by Crippen LogP contribution is 2.47. The number of esters is 2. The van der Waals surface area contributed by atoms with Crippen molar-refractivity contribution in [3.05, 3.63) is 12.2 Å². The van der Waals surface area contributed by atoms with Gasteiger partial charge in [0.15, 0.2) is 6.10 Å². The van der Waals surface area contributed by atoms with Crippen LogP contribution < -0.4 is 0 Å². The first kappa shape index (κ1) is 37.6. The van der Waals surface area contributed by atoms with Gasteiger partial charge in [-0.25, -0.2) is 4.57 Å². The van der Waals surface area contributed by atoms with Crippen molar-refractivity contribution in [1.29, 1.82) is 0 Å². The van der Waals surface area contributed by atoms with Crippen LogP contribution in [0.1, 0.15) is 90.9 Å². The molecule has 6 atom stereocenters. The van der Waals surface area contributed by atoms with Crippen LogP contribution in [-0.2, 0) is 32.7 Å². The molecular weight excluding hydrogens is 563 g/mol. The minimum atomic E-state index is -5.07. The first-order valence-electron chi connectivity index (χ1n) is 14.5. The Kier molecular flexibility index (Phi) is 18.8. The number of carbonyl (C=O) groups is 2. The number of aliphatic hydroxyl groups is 5. The maximum atomic E-state index is 12.5. The number of ether oxygens (including phenoxy) is 2. The van der Waals surface area contributed by atoms with Gasteiger partial charge in [-0.1, -0.05) is 58.1 Å². The van der Waals surface area contributed by atoms with Gasteiger partial charge in [-0.05, 0) is 32.1 Å². The van der Waals surface area contributed by atoms with Crippen LogP contribution >= 0.6 is 7.82 Å². The lowest BCUT2D eigenvalue weighted by atomic mass is 9.85. The minimum absolute atomic E-state index is 0.0855. The third kappa shape index (κ3) is 15.1. The molecular formula is C27H49O13P. The lowest BCUT2D eigenvalue weighted by Gasteiger charge is -2.41. The molecule has 0 spiro atoms. The van der Waals surface area contributed by atoms with E-state index in [0.29, 0.717) is 12.8 Å². The molecule has 0 aromatic carbocycles. The Balaban J connectivity index is 2.55. The molecule has 1 aliphatic rings. The summed E-state index contributed by atoms with van der Waals surface area (Å²) in [6, 6.07) is 0. The van der Waals surface area contributed by atoms with Gasteiger partial charge in [0.2, 0.25) is 0 Å². The fraction of sp³-hybridized carbons (Fsp3) is 0.852. The highest BCUT2D eigenvalue weighted by molar-refractivity contribution is 7.47. The topological polar surface area (TPSA) is 210 Å². The SMILES string of the molecule is CCCC/C=C\CCCCCCCC(=O)OC(COC(=O)CCC)COP(=O)(O)OC1C(O)C(O)C(O)C(O)C1O. The number of carbonyl (C=O) groups excluding carboxylic acids is 2. The molecule has 13 nitrogen and oxygen atoms in total. The Morgan fingerprint density at radius 2 is 1.29 bits per heavy atom. The van der Waals surface area contributed by atoms with Crippen molar-refractivity contribution in [3.63, 3.8) is 0 Å². The van der Waals surface area contributed by atoms with Crippen molar-refractivity contribution >= 4 is 19.8 Å². The number of hydrogen-bond donors (Lipinski definition) is 6. The third-order valence-corrected chi connectivity index (χ3v) is 7.56. The molecule has 1 rings (SSSR count). The van der Waals surface area contributed by atoms with Gasteiger partial charge in [0.05, 0.1) is 6.61 Å². The maximum Gasteiger partial charge on any atom is 0.472 e. The van der Waals surface area contributed by atoms with Crippen LogP contribution in [0.15, 0.2) is 12.2 Å². The quantitative estimate of drug-likeness (QED) is 0.0475. The zero-order chi connectivity index (χ0) is 30.8. The summed E-state index contributed by atoms with van der Waals surface area (Å²) in [6.07, 6.45) is 0.959. The Bertz CT molecular complexity index is 807. The molecule has 240 valence electrons. The largest absolute Gasteiger partial charge is 0.472 e. The van der Waals surface area contributed by atoms with E-state index in [4.69, 9.17) is 18.5 Å². The van der Waals surface area contributed by atoms with Crippen LogP contribution in [0, 0.1) is 0 Å². The molecule has 6 N–H and O–H groups in total. The van der Waals surface area contributed by atoms with Gasteiger partial charge in [0.25, 0.3) is 0 Å². The van der Waals surface area contributed by atoms with Crippen LogP contribution in [0.2, 0.25) is 0 Å². The standard InChI is InChI=1S/C27H49O13P/c1-3-5-6-7-8-9-10-11-12-13-14-16-21(29)39-19(17-37-20(28)15-4-2)18-38-41(35,36)40-27-25(33)23(31)22(30)24(32)26(27)34/h7-8,19,22-27,30-34H,3-6,9-18H2,1-2H3,(H,35,36)/b8-7-. The van der Waals surface area contributed by atoms with E-state index >= 15 is 0 Å². The molecule has 0 radical (unpaired) electrons. The van der Waals surface area contributed by atoms with Crippen molar-refractivity contribution in [3.8, 4) is 0 Å². The van der Waals surface area contributed by atoms with Gasteiger partial charge >= 0.3 is 19.8 Å². The summed E-state index contributed by atoms with van der Waals surface area (Å²) in [5.41, 5.74) is 0. The summed E-state index contributed by atoms with van der Waals surface area (Å²) in [6.45, 7) is 2.74. The summed E-state index contributed by atoms with van der Waals surface area (Å²) >= 11 is 0. The van der Waals surface area contributed by atoms with Crippen LogP contribution in [0.3, 0.4) is 0 Å². The summed E-state index contributed by atoms with van der Waals surface area (Å²) in [5.74, 6) is -1.18. The van der Waals surface area contributed by atoms with E-state index in [0.717, 1.165) is 38.5 Å². The molecule has 41 heavy (non-hydrogen) atoms. The first-order chi connectivity index (χ1) is 19.4. The first-order valence-corrected chi connectivity index (χ1v) is 16.0. The Morgan fingerprint density at radius 1 is 0.732 bits per heavy atom. The summed E-state index contributed by atoms with van der Waals surface area (Å²) < 4.78 is 32.5. The lowest BCUT2D eigenvalue weighted by molar-refractivity contribution is -0.220. The van der Waals surface area contributed by atoms with Crippen molar-refractivity contribution in [2.24, 2.45) is 0 Å². The number of rotatable bonds is 21. The second-order valence-electron chi connectivity index (χ2n) is 10.3. The van der Waals surface area contributed by atoms with Crippen molar-refractivity contribution in [1.82, 2.24) is 0 Å². The van der Waals surface area contributed by atoms with Crippen LogP contribution in [0.5, 0.6) is 0 Å². The van der Waals surface area contributed by atoms with E-state index in [1.54, 1.807) is 6.92 Å². The molecule has 0 bridgehead atoms. The number of hydrogen-bond acceptors (Lipinski definition) is 12. The minimum Gasteiger partial charge on any atom is -0.462 e. The summed E-state index contributed by atoms with van der Waals surface area (Å²) in [7, 11) is -5.07. The van der Waals surface area contributed by atoms with E-state index in [2.05, 4.69) is 19.1 Å². The molecule has 0 saturated heterocycles. The number of phosphoric acid groups is 1. The molecule has 0 amide bonds. The fourth-order valence-corrected chi connectivity index (χ4v) is 5.10. The normalized spacial score (nSPS) is 26.9. The molecule has 0 heterocycles. The van der Waals surface area contributed by atoms with Crippen molar-refractivity contribution < 1.29 is 63.1 Å². The number of phosphoric ester groups is 1. The van der Waals surface area contributed by atoms with Crippen molar-refractivity contribution in [2.75, 3.05) is 13.2 Å². The second-order valence-corrected chi connectivity index (χ2v) is 11.7. The highest BCUT2D eigenvalue weighted by Gasteiger charge is 2.51. The van der Waals surface area contributed by atoms with Crippen LogP contribution in [0.25, 0.3) is 0 Å². The smallest absolute Gasteiger partial charge is 0.462 e. The average molecular weight is 613 g/mol. The third-order valence-electron chi connectivity index (χ3n) is 6.58. The van der Waals surface area contributed by atoms with E-state index in [1.165, 1.54) is 12.8 Å². The Hall–Kier alpha value is -1.41. The number of allylic oxidation sites excluding steroid dienone is 2. The van der Waals surface area contributed by atoms with E-state index in [1.807, 2.05) is 0 Å². The zero-order valence-corrected chi connectivity index (χ0v) is 25.0. The van der Waals surface area contributed by atoms with Crippen LogP contribution in [0.4, 0.5) is 0 Å². The molecule has 6 unspecified atom stereocenters. The summed E-state index contributed by atoms with van der Waals surface area (Å²) in [5, 5.41) is 49.3. The Morgan fingerprint density at radius 3 is 1.90 bits per heavy atom. The maximum absolute atomic E-state index is 12.5. The lowest BCUT2D eigenvalue weighted by Crippen LogP contribution is -2.64. The highest BCUT2D eigenvalue weighted by atomic mass is 31.2. The second kappa shape index (κ2) is 20.5. The van der Waals surface area contributed by atoms with Gasteiger partial charge in [0, 0.05) is 12.8 Å². The van der Waals surface area contributed by atoms with Gasteiger partial charge in [-0.15, -0.1) is 0 Å². The molecule has 0 aromatic rings. The molecule has 1 aliphatic carbocycles. The fourth-order valence-electron chi connectivity index (χ4n) is 4.13. The Labute approximate surface area is 242 Å². The predicted molar refractivity (Wildman–Crippen MR) is 147 cm³/mol. The van der Waals surface area contributed by atoms with E-state index < -0.39 is 75.7 Å². The van der Waals surface area contributed by atoms with Gasteiger partial charge in [-0.2, -0.15) is 0 Å². The molecule has 0 aliphatic heterocycles. The predicted octanol–water partition coefficient (Wildman–Crippen LogP) is 2.04. The van der Waals surface area contributed by atoms with Gasteiger partial charge < -0.3 is 39.9 Å².